The van der Waals surface area contributed by atoms with Crippen molar-refractivity contribution in [1.82, 2.24) is 15.0 Å². The molecule has 1 heterocycles. The first-order valence-corrected chi connectivity index (χ1v) is 6.29. The molecule has 20 heavy (non-hydrogen) atoms. The van der Waals surface area contributed by atoms with Crippen LogP contribution < -0.4 is 10.5 Å². The van der Waals surface area contributed by atoms with Crippen molar-refractivity contribution < 1.29 is 14.3 Å². The summed E-state index contributed by atoms with van der Waals surface area (Å²) in [6, 6.07) is 7.24. The number of nitrogen functional groups attached to an aromatic ring is 1. The normalized spacial score (nSPS) is 10.3. The second kappa shape index (κ2) is 6.05. The smallest absolute Gasteiger partial charge is 0.362 e. The molecule has 2 aromatic rings. The van der Waals surface area contributed by atoms with Crippen LogP contribution in [-0.2, 0) is 4.74 Å². The molecule has 7 heteroatoms. The van der Waals surface area contributed by atoms with Gasteiger partial charge in [0, 0.05) is 0 Å². The molecule has 0 fully saturated rings. The fraction of sp³-hybridized carbons (Fsp3) is 0.308. The lowest BCUT2D eigenvalue weighted by Gasteiger charge is -2.10. The molecule has 0 spiro atoms. The Hall–Kier alpha value is -2.57. The van der Waals surface area contributed by atoms with E-state index in [1.54, 1.807) is 19.1 Å². The van der Waals surface area contributed by atoms with Gasteiger partial charge in [0.25, 0.3) is 0 Å². The number of rotatable bonds is 5. The van der Waals surface area contributed by atoms with Crippen LogP contribution in [0.15, 0.2) is 24.3 Å². The zero-order valence-corrected chi connectivity index (χ0v) is 11.4. The number of nitrogens with zero attached hydrogens (tertiary/aromatic N) is 3. The van der Waals surface area contributed by atoms with Gasteiger partial charge in [-0.1, -0.05) is 17.3 Å². The fourth-order valence-electron chi connectivity index (χ4n) is 1.72. The predicted molar refractivity (Wildman–Crippen MR) is 72.9 cm³/mol. The van der Waals surface area contributed by atoms with E-state index < -0.39 is 5.97 Å². The Morgan fingerprint density at radius 3 is 2.75 bits per heavy atom. The minimum atomic E-state index is -0.592. The van der Waals surface area contributed by atoms with Gasteiger partial charge in [0.1, 0.15) is 11.4 Å². The Morgan fingerprint density at radius 1 is 1.30 bits per heavy atom. The van der Waals surface area contributed by atoms with E-state index in [-0.39, 0.29) is 18.1 Å². The van der Waals surface area contributed by atoms with E-state index in [9.17, 15) is 4.79 Å². The fourth-order valence-corrected chi connectivity index (χ4v) is 1.72. The maximum absolute atomic E-state index is 11.7. The van der Waals surface area contributed by atoms with Gasteiger partial charge in [-0.15, -0.1) is 5.10 Å². The predicted octanol–water partition coefficient (Wildman–Crippen LogP) is 1.42. The third kappa shape index (κ3) is 2.56. The molecule has 0 aliphatic heterocycles. The summed E-state index contributed by atoms with van der Waals surface area (Å²) in [6.07, 6.45) is 0. The maximum atomic E-state index is 11.7. The molecule has 1 aromatic carbocycles. The first-order valence-electron chi connectivity index (χ1n) is 6.29. The molecule has 0 aliphatic rings. The van der Waals surface area contributed by atoms with Crippen LogP contribution in [0.2, 0.25) is 0 Å². The van der Waals surface area contributed by atoms with E-state index in [2.05, 4.69) is 10.3 Å². The van der Waals surface area contributed by atoms with Gasteiger partial charge in [-0.2, -0.15) is 4.68 Å². The highest BCUT2D eigenvalue weighted by Gasteiger charge is 2.20. The Balaban J connectivity index is 2.42. The standard InChI is InChI=1S/C13H16N4O3/c1-3-19-10-8-6-5-7-9(10)17-12(14)11(15-16-17)13(18)20-4-2/h5-8H,3-4,14H2,1-2H3. The molecular weight excluding hydrogens is 260 g/mol. The summed E-state index contributed by atoms with van der Waals surface area (Å²) < 4.78 is 11.7. The number of ether oxygens (including phenoxy) is 2. The summed E-state index contributed by atoms with van der Waals surface area (Å²) in [5, 5.41) is 7.66. The van der Waals surface area contributed by atoms with E-state index in [0.29, 0.717) is 18.0 Å². The van der Waals surface area contributed by atoms with Crippen LogP contribution in [0.4, 0.5) is 5.82 Å². The van der Waals surface area contributed by atoms with Gasteiger partial charge in [0.2, 0.25) is 5.69 Å². The van der Waals surface area contributed by atoms with Crippen molar-refractivity contribution in [3.05, 3.63) is 30.0 Å². The van der Waals surface area contributed by atoms with Crippen molar-refractivity contribution in [2.24, 2.45) is 0 Å². The molecule has 0 aliphatic carbocycles. The maximum Gasteiger partial charge on any atom is 0.362 e. The number of nitrogens with two attached hydrogens (primary N) is 1. The van der Waals surface area contributed by atoms with Crippen molar-refractivity contribution in [3.63, 3.8) is 0 Å². The average molecular weight is 276 g/mol. The summed E-state index contributed by atoms with van der Waals surface area (Å²) in [4.78, 5) is 11.7. The molecule has 0 unspecified atom stereocenters. The van der Waals surface area contributed by atoms with Crippen LogP contribution in [0.25, 0.3) is 5.69 Å². The first kappa shape index (κ1) is 13.9. The molecule has 0 atom stereocenters. The largest absolute Gasteiger partial charge is 0.492 e. The van der Waals surface area contributed by atoms with Gasteiger partial charge in [-0.05, 0) is 26.0 Å². The van der Waals surface area contributed by atoms with E-state index >= 15 is 0 Å². The lowest BCUT2D eigenvalue weighted by Crippen LogP contribution is -2.10. The van der Waals surface area contributed by atoms with Gasteiger partial charge in [0.15, 0.2) is 5.82 Å². The van der Waals surface area contributed by atoms with Crippen LogP contribution in [-0.4, -0.2) is 34.2 Å². The first-order chi connectivity index (χ1) is 9.69. The van der Waals surface area contributed by atoms with Crippen LogP contribution in [0, 0.1) is 0 Å². The second-order valence-electron chi connectivity index (χ2n) is 3.86. The number of carbonyl (C=O) groups is 1. The second-order valence-corrected chi connectivity index (χ2v) is 3.86. The van der Waals surface area contributed by atoms with Crippen molar-refractivity contribution in [1.29, 1.82) is 0 Å². The lowest BCUT2D eigenvalue weighted by molar-refractivity contribution is 0.0520. The summed E-state index contributed by atoms with van der Waals surface area (Å²) >= 11 is 0. The third-order valence-electron chi connectivity index (χ3n) is 2.57. The number of hydrogen-bond donors (Lipinski definition) is 1. The van der Waals surface area contributed by atoms with Gasteiger partial charge in [-0.25, -0.2) is 4.79 Å². The highest BCUT2D eigenvalue weighted by Crippen LogP contribution is 2.25. The van der Waals surface area contributed by atoms with Gasteiger partial charge in [0.05, 0.1) is 13.2 Å². The molecule has 7 nitrogen and oxygen atoms in total. The summed E-state index contributed by atoms with van der Waals surface area (Å²) in [5.41, 5.74) is 6.53. The molecule has 2 N–H and O–H groups in total. The average Bonchev–Trinajstić information content (AvgIpc) is 2.82. The summed E-state index contributed by atoms with van der Waals surface area (Å²) in [6.45, 7) is 4.35. The highest BCUT2D eigenvalue weighted by molar-refractivity contribution is 5.92. The van der Waals surface area contributed by atoms with Crippen LogP contribution in [0.1, 0.15) is 24.3 Å². The minimum Gasteiger partial charge on any atom is -0.492 e. The SMILES string of the molecule is CCOC(=O)c1nnn(-c2ccccc2OCC)c1N. The number of esters is 1. The van der Waals surface area contributed by atoms with E-state index in [4.69, 9.17) is 15.2 Å². The van der Waals surface area contributed by atoms with Crippen molar-refractivity contribution in [3.8, 4) is 11.4 Å². The molecule has 2 rings (SSSR count). The Bertz CT molecular complexity index is 609. The summed E-state index contributed by atoms with van der Waals surface area (Å²) in [5.74, 6) is 0.141. The summed E-state index contributed by atoms with van der Waals surface area (Å²) in [7, 11) is 0. The molecule has 0 radical (unpaired) electrons. The molecule has 0 saturated carbocycles. The van der Waals surface area contributed by atoms with E-state index in [1.165, 1.54) is 4.68 Å². The zero-order valence-electron chi connectivity index (χ0n) is 11.4. The third-order valence-corrected chi connectivity index (χ3v) is 2.57. The highest BCUT2D eigenvalue weighted by atomic mass is 16.5. The van der Waals surface area contributed by atoms with Gasteiger partial charge >= 0.3 is 5.97 Å². The van der Waals surface area contributed by atoms with Gasteiger partial charge < -0.3 is 15.2 Å². The topological polar surface area (TPSA) is 92.3 Å². The quantitative estimate of drug-likeness (QED) is 0.830. The number of para-hydroxylation sites is 2. The number of benzene rings is 1. The molecule has 0 amide bonds. The number of hydrogen-bond acceptors (Lipinski definition) is 6. The van der Waals surface area contributed by atoms with Crippen molar-refractivity contribution >= 4 is 11.8 Å². The lowest BCUT2D eigenvalue weighted by atomic mass is 10.3. The van der Waals surface area contributed by atoms with Crippen LogP contribution >= 0.6 is 0 Å². The van der Waals surface area contributed by atoms with Gasteiger partial charge in [-0.3, -0.25) is 0 Å². The molecule has 0 saturated heterocycles. The number of anilines is 1. The Labute approximate surface area is 116 Å². The van der Waals surface area contributed by atoms with Crippen LogP contribution in [0.5, 0.6) is 5.75 Å². The molecule has 1 aromatic heterocycles. The molecule has 0 bridgehead atoms. The Kier molecular flexibility index (Phi) is 4.19. The molecule has 106 valence electrons. The Morgan fingerprint density at radius 2 is 2.05 bits per heavy atom. The minimum absolute atomic E-state index is 0.00171. The van der Waals surface area contributed by atoms with E-state index in [0.717, 1.165) is 0 Å². The van der Waals surface area contributed by atoms with E-state index in [1.807, 2.05) is 19.1 Å². The van der Waals surface area contributed by atoms with Crippen molar-refractivity contribution in [2.75, 3.05) is 18.9 Å². The number of aromatic nitrogens is 3. The van der Waals surface area contributed by atoms with Crippen LogP contribution in [0.3, 0.4) is 0 Å². The number of carbonyl (C=O) groups excluding carboxylic acids is 1. The molecular formula is C13H16N4O3. The monoisotopic (exact) mass is 276 g/mol. The zero-order chi connectivity index (χ0) is 14.5. The van der Waals surface area contributed by atoms with Crippen molar-refractivity contribution in [2.45, 2.75) is 13.8 Å².